The van der Waals surface area contributed by atoms with Crippen LogP contribution in [0, 0.1) is 12.8 Å². The van der Waals surface area contributed by atoms with Gasteiger partial charge in [0.1, 0.15) is 0 Å². The van der Waals surface area contributed by atoms with Crippen molar-refractivity contribution in [1.29, 1.82) is 0 Å². The van der Waals surface area contributed by atoms with Gasteiger partial charge in [-0.15, -0.1) is 24.0 Å². The van der Waals surface area contributed by atoms with Gasteiger partial charge in [0.15, 0.2) is 11.7 Å². The fourth-order valence-corrected chi connectivity index (χ4v) is 3.02. The first-order valence-electron chi connectivity index (χ1n) is 9.59. The first-order valence-corrected chi connectivity index (χ1v) is 9.59. The highest BCUT2D eigenvalue weighted by molar-refractivity contribution is 14.0. The van der Waals surface area contributed by atoms with Crippen molar-refractivity contribution in [2.24, 2.45) is 10.9 Å². The van der Waals surface area contributed by atoms with E-state index in [1.54, 1.807) is 6.07 Å². The first-order chi connectivity index (χ1) is 12.7. The minimum absolute atomic E-state index is 0. The molecule has 1 aromatic rings. The summed E-state index contributed by atoms with van der Waals surface area (Å²) in [6.07, 6.45) is 3.46. The zero-order valence-corrected chi connectivity index (χ0v) is 19.0. The van der Waals surface area contributed by atoms with E-state index in [0.717, 1.165) is 57.2 Å². The number of guanidine groups is 1. The third-order valence-corrected chi connectivity index (χ3v) is 4.43. The maximum absolute atomic E-state index is 12.0. The number of ether oxygens (including phenoxy) is 1. The minimum atomic E-state index is -0.165. The molecule has 1 aromatic heterocycles. The summed E-state index contributed by atoms with van der Waals surface area (Å²) in [5, 5.41) is 6.24. The van der Waals surface area contributed by atoms with Crippen molar-refractivity contribution in [3.8, 4) is 0 Å². The van der Waals surface area contributed by atoms with Crippen molar-refractivity contribution >= 4 is 35.8 Å². The Labute approximate surface area is 179 Å². The fraction of sp³-hybridized carbons (Fsp3) is 0.684. The van der Waals surface area contributed by atoms with Gasteiger partial charge in [-0.05, 0) is 39.7 Å². The Kier molecular flexibility index (Phi) is 11.4. The molecule has 27 heavy (non-hydrogen) atoms. The van der Waals surface area contributed by atoms with Crippen LogP contribution in [0.5, 0.6) is 0 Å². The van der Waals surface area contributed by atoms with Crippen LogP contribution in [0.2, 0.25) is 0 Å². The molecule has 2 N–H and O–H groups in total. The Hall–Kier alpha value is -1.29. The predicted molar refractivity (Wildman–Crippen MR) is 118 cm³/mol. The number of carbonyl (C=O) groups is 1. The van der Waals surface area contributed by atoms with E-state index in [4.69, 9.17) is 14.1 Å². The van der Waals surface area contributed by atoms with Crippen LogP contribution in [0.15, 0.2) is 21.7 Å². The second-order valence-electron chi connectivity index (χ2n) is 6.54. The van der Waals surface area contributed by atoms with Gasteiger partial charge in [-0.3, -0.25) is 9.79 Å². The third-order valence-electron chi connectivity index (χ3n) is 4.43. The van der Waals surface area contributed by atoms with E-state index in [2.05, 4.69) is 22.5 Å². The Morgan fingerprint density at radius 2 is 2.22 bits per heavy atom. The number of halogens is 1. The molecule has 7 nitrogen and oxygen atoms in total. The van der Waals surface area contributed by atoms with Crippen molar-refractivity contribution in [2.75, 3.05) is 45.9 Å². The summed E-state index contributed by atoms with van der Waals surface area (Å²) >= 11 is 0. The van der Waals surface area contributed by atoms with Crippen LogP contribution in [0.4, 0.5) is 0 Å². The molecule has 0 radical (unpaired) electrons. The molecular formula is C19H33IN4O3. The van der Waals surface area contributed by atoms with Crippen molar-refractivity contribution in [1.82, 2.24) is 15.5 Å². The van der Waals surface area contributed by atoms with Gasteiger partial charge in [0.05, 0.1) is 12.9 Å². The molecule has 1 atom stereocenters. The molecule has 1 aliphatic rings. The molecule has 1 aliphatic heterocycles. The largest absolute Gasteiger partial charge is 0.459 e. The van der Waals surface area contributed by atoms with Crippen molar-refractivity contribution < 1.29 is 13.9 Å². The Morgan fingerprint density at radius 3 is 2.89 bits per heavy atom. The van der Waals surface area contributed by atoms with Gasteiger partial charge in [-0.1, -0.05) is 0 Å². The summed E-state index contributed by atoms with van der Waals surface area (Å²) in [5.74, 6) is 1.76. The predicted octanol–water partition coefficient (Wildman–Crippen LogP) is 2.65. The van der Waals surface area contributed by atoms with E-state index in [1.165, 1.54) is 6.26 Å². The number of aliphatic imine (C=N–C) groups is 1. The number of rotatable bonds is 9. The lowest BCUT2D eigenvalue weighted by atomic mass is 10.1. The highest BCUT2D eigenvalue weighted by Gasteiger charge is 2.24. The summed E-state index contributed by atoms with van der Waals surface area (Å²) in [7, 11) is 0. The van der Waals surface area contributed by atoms with Crippen LogP contribution in [0.25, 0.3) is 0 Å². The lowest BCUT2D eigenvalue weighted by molar-refractivity contribution is 0.0925. The molecule has 1 amide bonds. The van der Waals surface area contributed by atoms with Crippen molar-refractivity contribution in [3.05, 3.63) is 23.7 Å². The van der Waals surface area contributed by atoms with Crippen molar-refractivity contribution in [2.45, 2.75) is 33.6 Å². The number of nitrogens with zero attached hydrogens (tertiary/aromatic N) is 2. The summed E-state index contributed by atoms with van der Waals surface area (Å²) in [6, 6.07) is 1.79. The second-order valence-corrected chi connectivity index (χ2v) is 6.54. The second kappa shape index (κ2) is 13.0. The number of furan rings is 1. The maximum Gasteiger partial charge on any atom is 0.287 e. The van der Waals surface area contributed by atoms with E-state index in [1.807, 2.05) is 13.8 Å². The van der Waals surface area contributed by atoms with Gasteiger partial charge in [-0.2, -0.15) is 0 Å². The topological polar surface area (TPSA) is 79.1 Å². The van der Waals surface area contributed by atoms with E-state index >= 15 is 0 Å². The normalized spacial score (nSPS) is 16.9. The number of carbonyl (C=O) groups excluding carboxylic acids is 1. The fourth-order valence-electron chi connectivity index (χ4n) is 3.02. The minimum Gasteiger partial charge on any atom is -0.459 e. The van der Waals surface area contributed by atoms with Crippen LogP contribution in [-0.4, -0.2) is 62.7 Å². The summed E-state index contributed by atoms with van der Waals surface area (Å²) in [6.45, 7) is 11.7. The van der Waals surface area contributed by atoms with E-state index in [-0.39, 0.29) is 29.9 Å². The van der Waals surface area contributed by atoms with Gasteiger partial charge >= 0.3 is 0 Å². The Bertz CT molecular complexity index is 591. The SMILES string of the molecule is CCNC(=NCCCNC(=O)c1occc1C)N1CCC(COCC)C1.I. The van der Waals surface area contributed by atoms with Crippen LogP contribution < -0.4 is 10.6 Å². The Morgan fingerprint density at radius 1 is 1.41 bits per heavy atom. The summed E-state index contributed by atoms with van der Waals surface area (Å²) < 4.78 is 10.7. The molecule has 0 aliphatic carbocycles. The molecule has 1 fully saturated rings. The Balaban J connectivity index is 0.00000364. The van der Waals surface area contributed by atoms with Crippen molar-refractivity contribution in [3.63, 3.8) is 0 Å². The first kappa shape index (κ1) is 23.7. The molecule has 0 spiro atoms. The molecule has 0 aromatic carbocycles. The summed E-state index contributed by atoms with van der Waals surface area (Å²) in [4.78, 5) is 19.0. The van der Waals surface area contributed by atoms with Crippen LogP contribution in [0.3, 0.4) is 0 Å². The number of aryl methyl sites for hydroxylation is 1. The standard InChI is InChI=1S/C19H32N4O3.HI/c1-4-20-19(23-11-7-16(13-23)14-25-5-2)22-10-6-9-21-18(24)17-15(3)8-12-26-17;/h8,12,16H,4-7,9-11,13-14H2,1-3H3,(H,20,22)(H,21,24);1H. The number of amides is 1. The molecule has 8 heteroatoms. The molecule has 2 rings (SSSR count). The lowest BCUT2D eigenvalue weighted by Crippen LogP contribution is -2.40. The quantitative estimate of drug-likeness (QED) is 0.240. The van der Waals surface area contributed by atoms with Gasteiger partial charge in [0.2, 0.25) is 0 Å². The number of likely N-dealkylation sites (tertiary alicyclic amines) is 1. The van der Waals surface area contributed by atoms with E-state index < -0.39 is 0 Å². The number of hydrogen-bond acceptors (Lipinski definition) is 4. The van der Waals surface area contributed by atoms with E-state index in [9.17, 15) is 4.79 Å². The molecular weight excluding hydrogens is 459 g/mol. The highest BCUT2D eigenvalue weighted by Crippen LogP contribution is 2.16. The maximum atomic E-state index is 12.0. The molecule has 154 valence electrons. The molecule has 0 bridgehead atoms. The van der Waals surface area contributed by atoms with Gasteiger partial charge in [0, 0.05) is 50.8 Å². The number of hydrogen-bond donors (Lipinski definition) is 2. The van der Waals surface area contributed by atoms with Gasteiger partial charge in [-0.25, -0.2) is 0 Å². The van der Waals surface area contributed by atoms with Crippen LogP contribution >= 0.6 is 24.0 Å². The monoisotopic (exact) mass is 492 g/mol. The third kappa shape index (κ3) is 7.69. The van der Waals surface area contributed by atoms with Crippen LogP contribution in [0.1, 0.15) is 42.8 Å². The molecule has 1 saturated heterocycles. The zero-order valence-electron chi connectivity index (χ0n) is 16.6. The van der Waals surface area contributed by atoms with Gasteiger partial charge < -0.3 is 24.7 Å². The molecule has 0 saturated carbocycles. The molecule has 1 unspecified atom stereocenters. The van der Waals surface area contributed by atoms with Crippen LogP contribution in [-0.2, 0) is 4.74 Å². The zero-order chi connectivity index (χ0) is 18.8. The van der Waals surface area contributed by atoms with Gasteiger partial charge in [0.25, 0.3) is 5.91 Å². The summed E-state index contributed by atoms with van der Waals surface area (Å²) in [5.41, 5.74) is 0.852. The molecule has 2 heterocycles. The lowest BCUT2D eigenvalue weighted by Gasteiger charge is -2.21. The average Bonchev–Trinajstić information content (AvgIpc) is 3.27. The number of nitrogens with one attached hydrogen (secondary N) is 2. The smallest absolute Gasteiger partial charge is 0.287 e. The van der Waals surface area contributed by atoms with E-state index in [0.29, 0.717) is 24.8 Å². The average molecular weight is 492 g/mol. The highest BCUT2D eigenvalue weighted by atomic mass is 127.